The van der Waals surface area contributed by atoms with Gasteiger partial charge in [-0.25, -0.2) is 14.3 Å². The molecule has 0 spiro atoms. The predicted octanol–water partition coefficient (Wildman–Crippen LogP) is 2.23. The van der Waals surface area contributed by atoms with Gasteiger partial charge in [-0.05, 0) is 86.0 Å². The molecule has 0 unspecified atom stereocenters. The van der Waals surface area contributed by atoms with Crippen LogP contribution in [0.15, 0.2) is 29.1 Å². The Balaban J connectivity index is 1.09. The average Bonchev–Trinajstić information content (AvgIpc) is 3.28. The summed E-state index contributed by atoms with van der Waals surface area (Å²) in [6, 6.07) is 6.59. The number of fused-ring (bicyclic) bond motifs is 1. The summed E-state index contributed by atoms with van der Waals surface area (Å²) in [5.74, 6) is 4.65. The van der Waals surface area contributed by atoms with Crippen molar-refractivity contribution >= 4 is 17.6 Å². The first-order valence-electron chi connectivity index (χ1n) is 11.9. The second-order valence-corrected chi connectivity index (χ2v) is 10.2. The summed E-state index contributed by atoms with van der Waals surface area (Å²) in [5, 5.41) is 7.33. The van der Waals surface area contributed by atoms with Gasteiger partial charge in [0.25, 0.3) is 0 Å². The van der Waals surface area contributed by atoms with Crippen LogP contribution in [0.5, 0.6) is 5.75 Å². The molecule has 5 aliphatic rings. The van der Waals surface area contributed by atoms with Crippen LogP contribution in [-0.4, -0.2) is 39.9 Å². The van der Waals surface area contributed by atoms with Crippen molar-refractivity contribution < 1.29 is 14.3 Å². The molecule has 2 heterocycles. The monoisotopic (exact) mass is 451 g/mol. The molecule has 1 aromatic heterocycles. The highest BCUT2D eigenvalue weighted by Crippen LogP contribution is 2.56. The van der Waals surface area contributed by atoms with E-state index in [1.54, 1.807) is 31.4 Å². The lowest BCUT2D eigenvalue weighted by Gasteiger charge is -2.54. The number of hydrogen-bond acceptors (Lipinski definition) is 5. The third kappa shape index (κ3) is 3.45. The van der Waals surface area contributed by atoms with E-state index in [9.17, 15) is 14.4 Å². The van der Waals surface area contributed by atoms with Crippen LogP contribution < -0.4 is 20.6 Å². The molecule has 2 aromatic rings. The quantitative estimate of drug-likeness (QED) is 0.726. The molecule has 9 nitrogen and oxygen atoms in total. The molecule has 4 saturated carbocycles. The fourth-order valence-corrected chi connectivity index (χ4v) is 6.94. The Hall–Kier alpha value is -3.10. The highest BCUT2D eigenvalue weighted by molar-refractivity contribution is 5.96. The molecule has 4 fully saturated rings. The van der Waals surface area contributed by atoms with Gasteiger partial charge in [-0.3, -0.25) is 9.69 Å². The number of ether oxygens (including phenoxy) is 1. The Morgan fingerprint density at radius 2 is 1.73 bits per heavy atom. The molecule has 2 amide bonds. The summed E-state index contributed by atoms with van der Waals surface area (Å²) in [4.78, 5) is 39.8. The van der Waals surface area contributed by atoms with Gasteiger partial charge < -0.3 is 10.1 Å². The molecule has 0 atom stereocenters. The first-order chi connectivity index (χ1) is 16.0. The van der Waals surface area contributed by atoms with Crippen molar-refractivity contribution in [3.05, 3.63) is 40.6 Å². The van der Waals surface area contributed by atoms with Crippen molar-refractivity contribution in [3.8, 4) is 5.75 Å². The van der Waals surface area contributed by atoms with E-state index >= 15 is 0 Å². The summed E-state index contributed by atoms with van der Waals surface area (Å²) < 4.78 is 7.30. The van der Waals surface area contributed by atoms with Gasteiger partial charge in [0.05, 0.1) is 13.7 Å². The smallest absolute Gasteiger partial charge is 0.354 e. The number of methoxy groups -OCH3 is 1. The number of benzene rings is 1. The van der Waals surface area contributed by atoms with Gasteiger partial charge in [0.1, 0.15) is 12.3 Å². The number of anilines is 1. The number of aromatic nitrogens is 3. The standard InChI is InChI=1S/C24H29N5O4/c1-33-19-4-2-18(3-5-19)27-12-21-26-28(24(32)29(21)23(27)31)13-22(30)25-11-20-16-7-14-6-15(9-16)10-17(20)8-14/h2-5,14-17,20H,6-13H2,1H3,(H,25,30). The third-order valence-electron chi connectivity index (χ3n) is 8.26. The van der Waals surface area contributed by atoms with Crippen molar-refractivity contribution in [2.45, 2.75) is 45.2 Å². The molecule has 4 aliphatic carbocycles. The van der Waals surface area contributed by atoms with Crippen LogP contribution in [0.2, 0.25) is 0 Å². The zero-order valence-electron chi connectivity index (χ0n) is 18.8. The fraction of sp³-hybridized carbons (Fsp3) is 0.583. The molecule has 1 N–H and O–H groups in total. The molecule has 1 aliphatic heterocycles. The van der Waals surface area contributed by atoms with Crippen LogP contribution in [0.3, 0.4) is 0 Å². The normalized spacial score (nSPS) is 29.4. The number of amides is 2. The molecule has 1 aromatic carbocycles. The van der Waals surface area contributed by atoms with Gasteiger partial charge in [-0.2, -0.15) is 9.67 Å². The lowest BCUT2D eigenvalue weighted by Crippen LogP contribution is -2.49. The fourth-order valence-electron chi connectivity index (χ4n) is 6.94. The molecule has 33 heavy (non-hydrogen) atoms. The molecule has 9 heteroatoms. The van der Waals surface area contributed by atoms with E-state index in [0.29, 0.717) is 29.7 Å². The zero-order valence-corrected chi connectivity index (χ0v) is 18.8. The van der Waals surface area contributed by atoms with Crippen LogP contribution in [0, 0.1) is 29.6 Å². The molecule has 174 valence electrons. The highest BCUT2D eigenvalue weighted by atomic mass is 16.5. The lowest BCUT2D eigenvalue weighted by molar-refractivity contribution is -0.123. The maximum absolute atomic E-state index is 12.8. The van der Waals surface area contributed by atoms with Crippen LogP contribution >= 0.6 is 0 Å². The van der Waals surface area contributed by atoms with E-state index in [-0.39, 0.29) is 19.0 Å². The van der Waals surface area contributed by atoms with E-state index in [1.807, 2.05) is 0 Å². The van der Waals surface area contributed by atoms with Crippen LogP contribution in [0.1, 0.15) is 37.9 Å². The second kappa shape index (κ2) is 7.74. The first kappa shape index (κ1) is 20.5. The average molecular weight is 452 g/mol. The van der Waals surface area contributed by atoms with Crippen LogP contribution in [0.25, 0.3) is 0 Å². The predicted molar refractivity (Wildman–Crippen MR) is 120 cm³/mol. The molecule has 0 saturated heterocycles. The summed E-state index contributed by atoms with van der Waals surface area (Å²) in [6.45, 7) is 0.699. The number of nitrogens with one attached hydrogen (secondary N) is 1. The maximum Gasteiger partial charge on any atom is 0.354 e. The summed E-state index contributed by atoms with van der Waals surface area (Å²) in [6.07, 6.45) is 6.66. The minimum absolute atomic E-state index is 0.165. The minimum Gasteiger partial charge on any atom is -0.497 e. The topological polar surface area (TPSA) is 98.5 Å². The lowest BCUT2D eigenvalue weighted by atomic mass is 9.52. The summed E-state index contributed by atoms with van der Waals surface area (Å²) >= 11 is 0. The van der Waals surface area contributed by atoms with E-state index in [0.717, 1.165) is 32.9 Å². The van der Waals surface area contributed by atoms with Gasteiger partial charge in [0.2, 0.25) is 5.91 Å². The Bertz CT molecular complexity index is 1120. The molecule has 7 rings (SSSR count). The second-order valence-electron chi connectivity index (χ2n) is 10.2. The highest BCUT2D eigenvalue weighted by Gasteiger charge is 2.48. The minimum atomic E-state index is -0.573. The van der Waals surface area contributed by atoms with E-state index in [2.05, 4.69) is 10.4 Å². The van der Waals surface area contributed by atoms with Gasteiger partial charge >= 0.3 is 11.7 Å². The van der Waals surface area contributed by atoms with Gasteiger partial charge in [0, 0.05) is 12.2 Å². The molecule has 0 radical (unpaired) electrons. The Morgan fingerprint density at radius 3 is 2.33 bits per heavy atom. The molecular weight excluding hydrogens is 422 g/mol. The van der Waals surface area contributed by atoms with Crippen molar-refractivity contribution in [1.29, 1.82) is 0 Å². The Kier molecular flexibility index (Phi) is 4.81. The summed E-state index contributed by atoms with van der Waals surface area (Å²) in [5.41, 5.74) is 0.0847. The van der Waals surface area contributed by atoms with Crippen molar-refractivity contribution in [3.63, 3.8) is 0 Å². The van der Waals surface area contributed by atoms with Crippen molar-refractivity contribution in [2.24, 2.45) is 29.6 Å². The SMILES string of the molecule is COc1ccc(N2Cc3nn(CC(=O)NCC4C5CC6CC(C5)CC4C6)c(=O)n3C2=O)cc1. The Labute approximate surface area is 191 Å². The zero-order chi connectivity index (χ0) is 22.7. The number of carbonyl (C=O) groups is 2. The van der Waals surface area contributed by atoms with Gasteiger partial charge in [-0.15, -0.1) is 0 Å². The number of hydrogen-bond donors (Lipinski definition) is 1. The summed E-state index contributed by atoms with van der Waals surface area (Å²) in [7, 11) is 1.58. The van der Waals surface area contributed by atoms with Crippen LogP contribution in [-0.2, 0) is 17.9 Å². The van der Waals surface area contributed by atoms with Crippen molar-refractivity contribution in [2.75, 3.05) is 18.6 Å². The van der Waals surface area contributed by atoms with Gasteiger partial charge in [-0.1, -0.05) is 0 Å². The molecular formula is C24H29N5O4. The number of nitrogens with zero attached hydrogens (tertiary/aromatic N) is 4. The van der Waals surface area contributed by atoms with E-state index < -0.39 is 11.7 Å². The number of carbonyl (C=O) groups excluding carboxylic acids is 2. The molecule has 4 bridgehead atoms. The maximum atomic E-state index is 12.8. The van der Waals surface area contributed by atoms with E-state index in [1.165, 1.54) is 37.0 Å². The number of rotatable bonds is 6. The van der Waals surface area contributed by atoms with Crippen molar-refractivity contribution in [1.82, 2.24) is 19.7 Å². The largest absolute Gasteiger partial charge is 0.497 e. The Morgan fingerprint density at radius 1 is 1.06 bits per heavy atom. The van der Waals surface area contributed by atoms with Gasteiger partial charge in [0.15, 0.2) is 5.82 Å². The first-order valence-corrected chi connectivity index (χ1v) is 11.9. The van der Waals surface area contributed by atoms with E-state index in [4.69, 9.17) is 4.74 Å². The third-order valence-corrected chi connectivity index (χ3v) is 8.26. The van der Waals surface area contributed by atoms with Crippen LogP contribution in [0.4, 0.5) is 10.5 Å².